The minimum Gasteiger partial charge on any atom is -0.274 e. The van der Waals surface area contributed by atoms with Crippen LogP contribution in [0.3, 0.4) is 0 Å². The van der Waals surface area contributed by atoms with E-state index in [1.165, 1.54) is 37.6 Å². The highest BCUT2D eigenvalue weighted by Crippen LogP contribution is 2.30. The van der Waals surface area contributed by atoms with E-state index in [9.17, 15) is 9.18 Å². The first-order valence-electron chi connectivity index (χ1n) is 5.96. The van der Waals surface area contributed by atoms with E-state index in [0.29, 0.717) is 5.56 Å². The molecule has 1 aromatic heterocycles. The maximum atomic E-state index is 13.7. The Morgan fingerprint density at radius 1 is 1.30 bits per heavy atom. The maximum Gasteiger partial charge on any atom is 0.269 e. The third-order valence-electron chi connectivity index (χ3n) is 2.74. The largest absolute Gasteiger partial charge is 0.274 e. The molecule has 0 saturated heterocycles. The number of carbonyl (C=O) groups is 1. The molecule has 20 heavy (non-hydrogen) atoms. The molecule has 0 aliphatic carbocycles. The van der Waals surface area contributed by atoms with Crippen molar-refractivity contribution < 1.29 is 14.0 Å². The summed E-state index contributed by atoms with van der Waals surface area (Å²) in [4.78, 5) is 18.0. The Morgan fingerprint density at radius 3 is 2.75 bits per heavy atom. The second-order valence-electron chi connectivity index (χ2n) is 4.03. The Hall–Kier alpha value is -1.98. The van der Waals surface area contributed by atoms with Gasteiger partial charge < -0.3 is 0 Å². The smallest absolute Gasteiger partial charge is 0.269 e. The van der Waals surface area contributed by atoms with Gasteiger partial charge in [0, 0.05) is 28.4 Å². The Morgan fingerprint density at radius 2 is 2.05 bits per heavy atom. The molecule has 1 heterocycles. The van der Waals surface area contributed by atoms with Crippen LogP contribution in [0.5, 0.6) is 0 Å². The Bertz CT molecular complexity index is 636. The standard InChI is InChI=1S/C15H14FNO2S/c1-17(19-2)15(18)10-8-11-7-9-14(20-11)12-5-3-4-6-13(12)16/h3-10H,1-2H3/b10-8+. The third-order valence-corrected chi connectivity index (χ3v) is 3.82. The van der Waals surface area contributed by atoms with Gasteiger partial charge in [0.25, 0.3) is 5.91 Å². The van der Waals surface area contributed by atoms with Crippen molar-refractivity contribution >= 4 is 23.3 Å². The normalized spacial score (nSPS) is 10.9. The number of hydrogen-bond acceptors (Lipinski definition) is 3. The van der Waals surface area contributed by atoms with Gasteiger partial charge in [-0.2, -0.15) is 0 Å². The summed E-state index contributed by atoms with van der Waals surface area (Å²) < 4.78 is 13.7. The van der Waals surface area contributed by atoms with Crippen LogP contribution in [0.4, 0.5) is 4.39 Å². The van der Waals surface area contributed by atoms with Crippen LogP contribution >= 0.6 is 11.3 Å². The fourth-order valence-corrected chi connectivity index (χ4v) is 2.53. The lowest BCUT2D eigenvalue weighted by atomic mass is 10.2. The van der Waals surface area contributed by atoms with E-state index in [4.69, 9.17) is 4.84 Å². The van der Waals surface area contributed by atoms with Gasteiger partial charge in [0.2, 0.25) is 0 Å². The van der Waals surface area contributed by atoms with Crippen molar-refractivity contribution in [2.75, 3.05) is 14.2 Å². The molecule has 104 valence electrons. The number of amides is 1. The fourth-order valence-electron chi connectivity index (χ4n) is 1.60. The van der Waals surface area contributed by atoms with Gasteiger partial charge in [0.15, 0.2) is 0 Å². The number of likely N-dealkylation sites (N-methyl/N-ethyl adjacent to an activating group) is 1. The lowest BCUT2D eigenvalue weighted by molar-refractivity contribution is -0.162. The van der Waals surface area contributed by atoms with Crippen molar-refractivity contribution in [2.45, 2.75) is 0 Å². The highest BCUT2D eigenvalue weighted by Gasteiger charge is 2.07. The third kappa shape index (κ3) is 3.31. The topological polar surface area (TPSA) is 29.5 Å². The van der Waals surface area contributed by atoms with E-state index in [2.05, 4.69) is 0 Å². The molecular formula is C15H14FNO2S. The van der Waals surface area contributed by atoms with Gasteiger partial charge in [-0.3, -0.25) is 9.63 Å². The molecule has 3 nitrogen and oxygen atoms in total. The van der Waals surface area contributed by atoms with Gasteiger partial charge >= 0.3 is 0 Å². The second kappa shape index (κ2) is 6.45. The maximum absolute atomic E-state index is 13.7. The molecule has 1 aromatic carbocycles. The number of nitrogens with zero attached hydrogens (tertiary/aromatic N) is 1. The minimum absolute atomic E-state index is 0.250. The van der Waals surface area contributed by atoms with Crippen molar-refractivity contribution in [1.82, 2.24) is 5.06 Å². The van der Waals surface area contributed by atoms with Crippen LogP contribution in [0.25, 0.3) is 16.5 Å². The first kappa shape index (κ1) is 14.4. The molecule has 0 bridgehead atoms. The molecular weight excluding hydrogens is 277 g/mol. The quantitative estimate of drug-likeness (QED) is 0.636. The van der Waals surface area contributed by atoms with Gasteiger partial charge in [-0.05, 0) is 24.3 Å². The lowest BCUT2D eigenvalue weighted by Gasteiger charge is -2.09. The van der Waals surface area contributed by atoms with Crippen molar-refractivity contribution in [2.24, 2.45) is 0 Å². The molecule has 0 aliphatic rings. The molecule has 0 aliphatic heterocycles. The van der Waals surface area contributed by atoms with E-state index in [1.807, 2.05) is 12.1 Å². The van der Waals surface area contributed by atoms with Crippen LogP contribution in [-0.4, -0.2) is 25.1 Å². The molecule has 0 spiro atoms. The number of thiophene rings is 1. The fraction of sp³-hybridized carbons (Fsp3) is 0.133. The molecule has 5 heteroatoms. The van der Waals surface area contributed by atoms with Crippen molar-refractivity contribution in [3.8, 4) is 10.4 Å². The highest BCUT2D eigenvalue weighted by atomic mass is 32.1. The molecule has 0 N–H and O–H groups in total. The first-order valence-corrected chi connectivity index (χ1v) is 6.78. The van der Waals surface area contributed by atoms with Crippen LogP contribution in [0.2, 0.25) is 0 Å². The first-order chi connectivity index (χ1) is 9.61. The zero-order valence-electron chi connectivity index (χ0n) is 11.2. The number of rotatable bonds is 4. The van der Waals surface area contributed by atoms with Gasteiger partial charge in [0.1, 0.15) is 5.82 Å². The molecule has 2 aromatic rings. The Kier molecular flexibility index (Phi) is 4.65. The monoisotopic (exact) mass is 291 g/mol. The number of hydroxylamine groups is 2. The summed E-state index contributed by atoms with van der Waals surface area (Å²) in [5.74, 6) is -0.506. The van der Waals surface area contributed by atoms with Crippen molar-refractivity contribution in [3.63, 3.8) is 0 Å². The molecule has 1 amide bonds. The molecule has 2 rings (SSSR count). The van der Waals surface area contributed by atoms with E-state index in [-0.39, 0.29) is 11.7 Å². The van der Waals surface area contributed by atoms with Gasteiger partial charge in [0.05, 0.1) is 7.11 Å². The predicted octanol–water partition coefficient (Wildman–Crippen LogP) is 3.59. The molecule has 0 saturated carbocycles. The van der Waals surface area contributed by atoms with Crippen molar-refractivity contribution in [1.29, 1.82) is 0 Å². The number of carbonyl (C=O) groups excluding carboxylic acids is 1. The van der Waals surface area contributed by atoms with Crippen LogP contribution in [0, 0.1) is 5.82 Å². The van der Waals surface area contributed by atoms with E-state index >= 15 is 0 Å². The SMILES string of the molecule is CON(C)C(=O)/C=C/c1ccc(-c2ccccc2F)s1. The summed E-state index contributed by atoms with van der Waals surface area (Å²) in [5.41, 5.74) is 0.567. The van der Waals surface area contributed by atoms with Crippen LogP contribution < -0.4 is 0 Å². The van der Waals surface area contributed by atoms with Crippen molar-refractivity contribution in [3.05, 3.63) is 53.2 Å². The van der Waals surface area contributed by atoms with Crippen LogP contribution in [0.1, 0.15) is 4.88 Å². The highest BCUT2D eigenvalue weighted by molar-refractivity contribution is 7.16. The Labute approximate surface area is 120 Å². The average molecular weight is 291 g/mol. The minimum atomic E-state index is -0.256. The zero-order chi connectivity index (χ0) is 14.5. The summed E-state index contributed by atoms with van der Waals surface area (Å²) in [6.07, 6.45) is 3.10. The van der Waals surface area contributed by atoms with E-state index < -0.39 is 0 Å². The summed E-state index contributed by atoms with van der Waals surface area (Å²) in [6.45, 7) is 0. The summed E-state index contributed by atoms with van der Waals surface area (Å²) in [6, 6.07) is 10.3. The molecule has 0 radical (unpaired) electrons. The van der Waals surface area contributed by atoms with Crippen LogP contribution in [-0.2, 0) is 9.63 Å². The van der Waals surface area contributed by atoms with E-state index in [0.717, 1.165) is 14.8 Å². The molecule has 0 fully saturated rings. The molecule has 0 atom stereocenters. The summed E-state index contributed by atoms with van der Waals surface area (Å²) >= 11 is 1.42. The zero-order valence-corrected chi connectivity index (χ0v) is 12.0. The lowest BCUT2D eigenvalue weighted by Crippen LogP contribution is -2.22. The summed E-state index contributed by atoms with van der Waals surface area (Å²) in [7, 11) is 2.96. The van der Waals surface area contributed by atoms with Crippen LogP contribution in [0.15, 0.2) is 42.5 Å². The van der Waals surface area contributed by atoms with Gasteiger partial charge in [-0.15, -0.1) is 11.3 Å². The Balaban J connectivity index is 2.16. The number of halogens is 1. The van der Waals surface area contributed by atoms with E-state index in [1.54, 1.807) is 24.3 Å². The average Bonchev–Trinajstić information content (AvgIpc) is 2.93. The number of hydrogen-bond donors (Lipinski definition) is 0. The number of benzene rings is 1. The van der Waals surface area contributed by atoms with Gasteiger partial charge in [-0.1, -0.05) is 18.2 Å². The summed E-state index contributed by atoms with van der Waals surface area (Å²) in [5, 5.41) is 1.13. The van der Waals surface area contributed by atoms with Gasteiger partial charge in [-0.25, -0.2) is 9.45 Å². The second-order valence-corrected chi connectivity index (χ2v) is 5.15. The predicted molar refractivity (Wildman–Crippen MR) is 78.5 cm³/mol. The molecule has 0 unspecified atom stereocenters.